The zero-order chi connectivity index (χ0) is 30.4. The molecule has 1 aliphatic rings. The van der Waals surface area contributed by atoms with Crippen molar-refractivity contribution in [3.63, 3.8) is 0 Å². The van der Waals surface area contributed by atoms with E-state index in [2.05, 4.69) is 21.5 Å². The fourth-order valence-corrected chi connectivity index (χ4v) is 6.08. The van der Waals surface area contributed by atoms with Gasteiger partial charge >= 0.3 is 0 Å². The standard InChI is InChI=1S/C31H29F2N5O4S/c1-20(31(40,17-38-19-35-18-37-38)27-11-10-25(32)12-28(27)33)43-26-15-41-30(42-16-26)24-8-6-23(7-9-24)29(39)36-14-22-4-2-21(13-34)3-5-22/h2-12,18-20,26,30,40H,14-17H2,1H3,(H,36,39)/t20-,26?,30?,31-/m1/s1. The molecule has 1 aromatic heterocycles. The molecule has 5 rings (SSSR count). The third kappa shape index (κ3) is 7.26. The van der Waals surface area contributed by atoms with Gasteiger partial charge in [0.1, 0.15) is 29.9 Å². The summed E-state index contributed by atoms with van der Waals surface area (Å²) in [5.74, 6) is -1.82. The van der Waals surface area contributed by atoms with Crippen LogP contribution in [0.15, 0.2) is 79.4 Å². The maximum absolute atomic E-state index is 14.8. The number of amides is 1. The number of aromatic nitrogens is 3. The van der Waals surface area contributed by atoms with Gasteiger partial charge in [0.15, 0.2) is 6.29 Å². The number of rotatable bonds is 10. The third-order valence-corrected chi connectivity index (χ3v) is 8.64. The topological polar surface area (TPSA) is 122 Å². The average molecular weight is 606 g/mol. The van der Waals surface area contributed by atoms with Gasteiger partial charge in [-0.05, 0) is 35.9 Å². The number of carbonyl (C=O) groups is 1. The van der Waals surface area contributed by atoms with E-state index in [0.29, 0.717) is 30.9 Å². The molecule has 1 amide bonds. The summed E-state index contributed by atoms with van der Waals surface area (Å²) >= 11 is 1.38. The van der Waals surface area contributed by atoms with Crippen LogP contribution in [0.3, 0.4) is 0 Å². The second-order valence-electron chi connectivity index (χ2n) is 10.2. The predicted octanol–water partition coefficient (Wildman–Crippen LogP) is 4.48. The zero-order valence-corrected chi connectivity index (χ0v) is 24.0. The van der Waals surface area contributed by atoms with Gasteiger partial charge in [-0.2, -0.15) is 10.4 Å². The average Bonchev–Trinajstić information content (AvgIpc) is 3.53. The smallest absolute Gasteiger partial charge is 0.251 e. The van der Waals surface area contributed by atoms with E-state index in [1.54, 1.807) is 55.5 Å². The summed E-state index contributed by atoms with van der Waals surface area (Å²) in [7, 11) is 0. The summed E-state index contributed by atoms with van der Waals surface area (Å²) in [4.78, 5) is 16.5. The Kier molecular flexibility index (Phi) is 9.47. The number of nitrogens with one attached hydrogen (secondary N) is 1. The summed E-state index contributed by atoms with van der Waals surface area (Å²) in [6.45, 7) is 2.62. The first-order chi connectivity index (χ1) is 20.7. The number of benzene rings is 3. The van der Waals surface area contributed by atoms with Crippen molar-refractivity contribution in [3.05, 3.63) is 119 Å². The highest BCUT2D eigenvalue weighted by Gasteiger charge is 2.41. The van der Waals surface area contributed by atoms with Crippen molar-refractivity contribution < 1.29 is 28.2 Å². The molecule has 12 heteroatoms. The molecule has 0 bridgehead atoms. The molecule has 2 N–H and O–H groups in total. The first-order valence-corrected chi connectivity index (χ1v) is 14.5. The number of hydrogen-bond donors (Lipinski definition) is 2. The Morgan fingerprint density at radius 3 is 2.51 bits per heavy atom. The first kappa shape index (κ1) is 30.3. The highest BCUT2D eigenvalue weighted by atomic mass is 32.2. The van der Waals surface area contributed by atoms with E-state index < -0.39 is 28.8 Å². The fraction of sp³-hybridized carbons (Fsp3) is 0.290. The number of nitriles is 1. The van der Waals surface area contributed by atoms with Crippen molar-refractivity contribution in [2.24, 2.45) is 0 Å². The van der Waals surface area contributed by atoms with Crippen LogP contribution in [0.1, 0.15) is 45.8 Å². The van der Waals surface area contributed by atoms with Crippen molar-refractivity contribution in [1.82, 2.24) is 20.1 Å². The maximum Gasteiger partial charge on any atom is 0.251 e. The van der Waals surface area contributed by atoms with Crippen LogP contribution in [0.25, 0.3) is 0 Å². The molecule has 222 valence electrons. The van der Waals surface area contributed by atoms with E-state index in [0.717, 1.165) is 23.3 Å². The maximum atomic E-state index is 14.8. The van der Waals surface area contributed by atoms with Crippen molar-refractivity contribution in [2.45, 2.75) is 42.4 Å². The monoisotopic (exact) mass is 605 g/mol. The lowest BCUT2D eigenvalue weighted by molar-refractivity contribution is -0.180. The van der Waals surface area contributed by atoms with Gasteiger partial charge in [-0.1, -0.05) is 37.3 Å². The molecule has 9 nitrogen and oxygen atoms in total. The van der Waals surface area contributed by atoms with Gasteiger partial charge in [0.2, 0.25) is 0 Å². The van der Waals surface area contributed by atoms with Crippen LogP contribution in [0.2, 0.25) is 0 Å². The number of aliphatic hydroxyl groups is 1. The molecule has 0 spiro atoms. The molecule has 0 radical (unpaired) electrons. The lowest BCUT2D eigenvalue weighted by Gasteiger charge is -2.37. The Morgan fingerprint density at radius 2 is 1.88 bits per heavy atom. The molecule has 1 aliphatic heterocycles. The Hall–Kier alpha value is -4.15. The fourth-order valence-electron chi connectivity index (χ4n) is 4.77. The lowest BCUT2D eigenvalue weighted by Crippen LogP contribution is -2.43. The van der Waals surface area contributed by atoms with E-state index in [1.807, 2.05) is 0 Å². The quantitative estimate of drug-likeness (QED) is 0.271. The van der Waals surface area contributed by atoms with Gasteiger partial charge in [-0.3, -0.25) is 4.79 Å². The molecule has 2 atom stereocenters. The van der Waals surface area contributed by atoms with Gasteiger partial charge in [0, 0.05) is 34.6 Å². The minimum Gasteiger partial charge on any atom is -0.382 e. The van der Waals surface area contributed by atoms with E-state index in [4.69, 9.17) is 14.7 Å². The Bertz CT molecular complexity index is 1570. The largest absolute Gasteiger partial charge is 0.382 e. The number of halogens is 2. The summed E-state index contributed by atoms with van der Waals surface area (Å²) in [6.07, 6.45) is 2.11. The van der Waals surface area contributed by atoms with E-state index in [-0.39, 0.29) is 23.3 Å². The van der Waals surface area contributed by atoms with Gasteiger partial charge in [0.25, 0.3) is 5.91 Å². The first-order valence-electron chi connectivity index (χ1n) is 13.5. The van der Waals surface area contributed by atoms with Crippen molar-refractivity contribution >= 4 is 17.7 Å². The van der Waals surface area contributed by atoms with E-state index in [1.165, 1.54) is 35.2 Å². The zero-order valence-electron chi connectivity index (χ0n) is 23.2. The van der Waals surface area contributed by atoms with Gasteiger partial charge in [-0.25, -0.2) is 18.4 Å². The SMILES string of the molecule is C[C@@H](SC1COC(c2ccc(C(=O)NCc3ccc(C#N)cc3)cc2)OC1)[C@](O)(Cn1cncn1)c1ccc(F)cc1F. The number of carbonyl (C=O) groups excluding carboxylic acids is 1. The van der Waals surface area contributed by atoms with Crippen molar-refractivity contribution in [1.29, 1.82) is 5.26 Å². The number of ether oxygens (including phenoxy) is 2. The van der Waals surface area contributed by atoms with Gasteiger partial charge < -0.3 is 19.9 Å². The number of hydrogen-bond acceptors (Lipinski definition) is 8. The van der Waals surface area contributed by atoms with Crippen LogP contribution in [-0.4, -0.2) is 49.5 Å². The molecular formula is C31H29F2N5O4S. The number of nitrogens with zero attached hydrogens (tertiary/aromatic N) is 4. The minimum atomic E-state index is -1.73. The van der Waals surface area contributed by atoms with Crippen LogP contribution in [0.4, 0.5) is 8.78 Å². The van der Waals surface area contributed by atoms with Crippen LogP contribution in [0, 0.1) is 23.0 Å². The van der Waals surface area contributed by atoms with Crippen LogP contribution in [0.5, 0.6) is 0 Å². The van der Waals surface area contributed by atoms with Gasteiger partial charge in [-0.15, -0.1) is 11.8 Å². The van der Waals surface area contributed by atoms with E-state index >= 15 is 0 Å². The summed E-state index contributed by atoms with van der Waals surface area (Å²) in [5, 5.41) is 26.8. The summed E-state index contributed by atoms with van der Waals surface area (Å²) in [6, 6.07) is 19.1. The van der Waals surface area contributed by atoms with Crippen LogP contribution < -0.4 is 5.32 Å². The molecule has 3 aromatic carbocycles. The van der Waals surface area contributed by atoms with Crippen LogP contribution in [-0.2, 0) is 28.2 Å². The Balaban J connectivity index is 1.17. The van der Waals surface area contributed by atoms with Crippen LogP contribution >= 0.6 is 11.8 Å². The minimum absolute atomic E-state index is 0.0408. The molecule has 1 saturated heterocycles. The van der Waals surface area contributed by atoms with Crippen molar-refractivity contribution in [2.75, 3.05) is 13.2 Å². The second kappa shape index (κ2) is 13.4. The summed E-state index contributed by atoms with van der Waals surface area (Å²) in [5.41, 5.74) is 0.896. The second-order valence-corrected chi connectivity index (χ2v) is 11.8. The molecule has 0 unspecified atom stereocenters. The summed E-state index contributed by atoms with van der Waals surface area (Å²) < 4.78 is 41.8. The predicted molar refractivity (Wildman–Crippen MR) is 155 cm³/mol. The molecule has 4 aromatic rings. The normalized spacial score (nSPS) is 18.8. The van der Waals surface area contributed by atoms with E-state index in [9.17, 15) is 18.7 Å². The third-order valence-electron chi connectivity index (χ3n) is 7.18. The molecular weight excluding hydrogens is 576 g/mol. The molecule has 2 heterocycles. The number of thioether (sulfide) groups is 1. The van der Waals surface area contributed by atoms with Crippen molar-refractivity contribution in [3.8, 4) is 6.07 Å². The Labute approximate surface area is 251 Å². The molecule has 1 fully saturated rings. The molecule has 0 aliphatic carbocycles. The highest BCUT2D eigenvalue weighted by Crippen LogP contribution is 2.39. The Morgan fingerprint density at radius 1 is 1.16 bits per heavy atom. The van der Waals surface area contributed by atoms with Gasteiger partial charge in [0.05, 0.1) is 36.6 Å². The lowest BCUT2D eigenvalue weighted by atomic mass is 9.90. The molecule has 0 saturated carbocycles. The molecule has 43 heavy (non-hydrogen) atoms. The highest BCUT2D eigenvalue weighted by molar-refractivity contribution is 8.00.